The van der Waals surface area contributed by atoms with Crippen LogP contribution in [0.3, 0.4) is 0 Å². The highest BCUT2D eigenvalue weighted by molar-refractivity contribution is 5.75. The maximum absolute atomic E-state index is 13.3. The molecule has 0 bridgehead atoms. The lowest BCUT2D eigenvalue weighted by Crippen LogP contribution is -2.54. The molecular formula is C38H54BF2N2O5. The predicted octanol–water partition coefficient (Wildman–Crippen LogP) is 8.56. The van der Waals surface area contributed by atoms with Gasteiger partial charge in [0.1, 0.15) is 22.8 Å². The molecule has 10 heteroatoms. The summed E-state index contributed by atoms with van der Waals surface area (Å²) in [5.41, 5.74) is -0.000704. The van der Waals surface area contributed by atoms with Crippen molar-refractivity contribution in [3.63, 3.8) is 0 Å². The molecule has 4 rings (SSSR count). The average molecular weight is 668 g/mol. The lowest BCUT2D eigenvalue weighted by atomic mass is 9.82. The van der Waals surface area contributed by atoms with Gasteiger partial charge in [-0.05, 0) is 72.9 Å². The molecule has 2 saturated heterocycles. The fraction of sp³-hybridized carbons (Fsp3) is 0.579. The second-order valence-electron chi connectivity index (χ2n) is 15.0. The first-order valence-corrected chi connectivity index (χ1v) is 16.6. The second kappa shape index (κ2) is 16.3. The number of carbonyl (C=O) groups is 2. The van der Waals surface area contributed by atoms with Gasteiger partial charge in [0.2, 0.25) is 0 Å². The van der Waals surface area contributed by atoms with Crippen LogP contribution in [0.4, 0.5) is 18.4 Å². The summed E-state index contributed by atoms with van der Waals surface area (Å²) < 4.78 is 38.2. The number of ether oxygens (including phenoxy) is 2. The van der Waals surface area contributed by atoms with Crippen LogP contribution in [0.25, 0.3) is 0 Å². The number of cyclic esters (lactones) is 2. The summed E-state index contributed by atoms with van der Waals surface area (Å²) in [5.74, 6) is -0.617. The van der Waals surface area contributed by atoms with E-state index in [9.17, 15) is 23.5 Å². The molecule has 2 heterocycles. The monoisotopic (exact) mass is 667 g/mol. The smallest absolute Gasteiger partial charge is 0.410 e. The van der Waals surface area contributed by atoms with Crippen LogP contribution in [0, 0.1) is 22.5 Å². The molecule has 48 heavy (non-hydrogen) atoms. The van der Waals surface area contributed by atoms with Crippen LogP contribution in [0.5, 0.6) is 0 Å². The summed E-state index contributed by atoms with van der Waals surface area (Å²) in [5, 5.41) is 9.20. The number of halogens is 2. The third kappa shape index (κ3) is 9.61. The highest BCUT2D eigenvalue weighted by Gasteiger charge is 2.45. The summed E-state index contributed by atoms with van der Waals surface area (Å²) in [6, 6.07) is 12.4. The summed E-state index contributed by atoms with van der Waals surface area (Å²) >= 11 is 0. The number of aliphatic hydroxyl groups excluding tert-OH is 1. The van der Waals surface area contributed by atoms with E-state index in [1.807, 2.05) is 13.8 Å². The number of aliphatic hydroxyl groups is 1. The van der Waals surface area contributed by atoms with Crippen LogP contribution < -0.4 is 0 Å². The Morgan fingerprint density at radius 3 is 1.52 bits per heavy atom. The molecular weight excluding hydrogens is 613 g/mol. The molecule has 7 nitrogen and oxygen atoms in total. The summed E-state index contributed by atoms with van der Waals surface area (Å²) in [6.45, 7) is 21.7. The van der Waals surface area contributed by atoms with Gasteiger partial charge >= 0.3 is 12.2 Å². The van der Waals surface area contributed by atoms with Crippen molar-refractivity contribution in [1.82, 2.24) is 9.80 Å². The molecule has 0 aliphatic carbocycles. The Hall–Kier alpha value is -3.40. The van der Waals surface area contributed by atoms with Crippen LogP contribution in [0.1, 0.15) is 98.6 Å². The zero-order valence-electron chi connectivity index (χ0n) is 30.0. The van der Waals surface area contributed by atoms with Gasteiger partial charge in [-0.3, -0.25) is 0 Å². The topological polar surface area (TPSA) is 79.3 Å². The van der Waals surface area contributed by atoms with Crippen LogP contribution in [-0.4, -0.2) is 67.3 Å². The fourth-order valence-electron chi connectivity index (χ4n) is 6.07. The van der Waals surface area contributed by atoms with Crippen molar-refractivity contribution in [2.24, 2.45) is 10.8 Å². The van der Waals surface area contributed by atoms with Crippen molar-refractivity contribution < 1.29 is 33.0 Å². The van der Waals surface area contributed by atoms with Gasteiger partial charge in [-0.15, -0.1) is 6.58 Å². The van der Waals surface area contributed by atoms with Gasteiger partial charge < -0.3 is 24.4 Å². The van der Waals surface area contributed by atoms with E-state index in [1.54, 1.807) is 40.1 Å². The number of benzene rings is 2. The van der Waals surface area contributed by atoms with Gasteiger partial charge in [-0.25, -0.2) is 18.4 Å². The van der Waals surface area contributed by atoms with Gasteiger partial charge in [0.05, 0.1) is 0 Å². The molecule has 2 amide bonds. The summed E-state index contributed by atoms with van der Waals surface area (Å²) in [4.78, 5) is 28.8. The van der Waals surface area contributed by atoms with Gasteiger partial charge in [0, 0.05) is 59.5 Å². The van der Waals surface area contributed by atoms with E-state index in [2.05, 4.69) is 48.1 Å². The first-order valence-electron chi connectivity index (χ1n) is 16.6. The SMILES string of the molecule is C=CC[C@]1(c2ccc(F)cc2)CCN([C@@H](C)C(C)(C)C)C(=O)O1.C[C@H](N1CC[C@](CCCO)(c2ccc(F)cc2)OC1=O)C(C)(C)C.[B]. The minimum absolute atomic E-state index is 0. The zero-order chi connectivity index (χ0) is 35.2. The molecule has 2 aromatic carbocycles. The highest BCUT2D eigenvalue weighted by atomic mass is 19.1. The standard InChI is InChI=1S/C19H28FNO3.C19H26FNO2.B/c1-14(18(2,3)4)21-12-11-19(10-5-13-22,24-17(21)23)15-6-8-16(20)9-7-15;1-6-11-19(15-7-9-16(20)10-8-15)12-13-21(17(22)23-19)14(2)18(3,4)5;/h6-9,14,22H,5,10-13H2,1-4H3;6-10,14H,1,11-13H2,2-5H3;/t2*14-,19+;/m00./s1. The highest BCUT2D eigenvalue weighted by Crippen LogP contribution is 2.41. The number of hydrogen-bond acceptors (Lipinski definition) is 5. The van der Waals surface area contributed by atoms with Crippen LogP contribution >= 0.6 is 0 Å². The molecule has 4 atom stereocenters. The van der Waals surface area contributed by atoms with E-state index in [-0.39, 0.29) is 61.8 Å². The molecule has 263 valence electrons. The summed E-state index contributed by atoms with van der Waals surface area (Å²) in [7, 11) is 0. The van der Waals surface area contributed by atoms with E-state index < -0.39 is 11.2 Å². The number of nitrogens with zero attached hydrogens (tertiary/aromatic N) is 2. The van der Waals surface area contributed by atoms with Gasteiger partial charge in [0.15, 0.2) is 0 Å². The van der Waals surface area contributed by atoms with Gasteiger partial charge in [0.25, 0.3) is 0 Å². The normalized spacial score (nSPS) is 22.7. The van der Waals surface area contributed by atoms with Crippen LogP contribution in [0.15, 0.2) is 61.2 Å². The molecule has 2 aliphatic heterocycles. The maximum Gasteiger partial charge on any atom is 0.410 e. The molecule has 0 unspecified atom stereocenters. The minimum atomic E-state index is -0.790. The third-order valence-electron chi connectivity index (χ3n) is 9.94. The second-order valence-corrected chi connectivity index (χ2v) is 15.0. The van der Waals surface area contributed by atoms with E-state index in [0.29, 0.717) is 45.2 Å². The zero-order valence-corrected chi connectivity index (χ0v) is 30.0. The third-order valence-corrected chi connectivity index (χ3v) is 9.94. The van der Waals surface area contributed by atoms with Crippen molar-refractivity contribution in [1.29, 1.82) is 0 Å². The molecule has 2 fully saturated rings. The molecule has 0 saturated carbocycles. The minimum Gasteiger partial charge on any atom is -0.438 e. The van der Waals surface area contributed by atoms with E-state index in [1.165, 1.54) is 24.3 Å². The van der Waals surface area contributed by atoms with E-state index in [4.69, 9.17) is 9.47 Å². The number of rotatable bonds is 9. The lowest BCUT2D eigenvalue weighted by Gasteiger charge is -2.46. The van der Waals surface area contributed by atoms with Crippen molar-refractivity contribution in [3.05, 3.63) is 83.9 Å². The molecule has 2 aromatic rings. The van der Waals surface area contributed by atoms with Gasteiger partial charge in [-0.1, -0.05) is 71.9 Å². The lowest BCUT2D eigenvalue weighted by molar-refractivity contribution is -0.0760. The Kier molecular flexibility index (Phi) is 13.9. The van der Waals surface area contributed by atoms with E-state index >= 15 is 0 Å². The first kappa shape index (κ1) is 40.8. The van der Waals surface area contributed by atoms with Crippen LogP contribution in [-0.2, 0) is 20.7 Å². The first-order chi connectivity index (χ1) is 21.9. The molecule has 0 spiro atoms. The Labute approximate surface area is 288 Å². The Morgan fingerprint density at radius 1 is 0.792 bits per heavy atom. The average Bonchev–Trinajstić information content (AvgIpc) is 3.00. The fourth-order valence-corrected chi connectivity index (χ4v) is 6.07. The van der Waals surface area contributed by atoms with Crippen molar-refractivity contribution >= 4 is 20.6 Å². The molecule has 3 radical (unpaired) electrons. The van der Waals surface area contributed by atoms with Crippen LogP contribution in [0.2, 0.25) is 0 Å². The summed E-state index contributed by atoms with van der Waals surface area (Å²) in [6.07, 6.45) is 3.96. The molecule has 1 N–H and O–H groups in total. The Balaban J connectivity index is 0.000000327. The largest absolute Gasteiger partial charge is 0.438 e. The maximum atomic E-state index is 13.3. The van der Waals surface area contributed by atoms with Crippen molar-refractivity contribution in [3.8, 4) is 0 Å². The van der Waals surface area contributed by atoms with Gasteiger partial charge in [-0.2, -0.15) is 0 Å². The number of carbonyl (C=O) groups excluding carboxylic acids is 2. The molecule has 0 aromatic heterocycles. The van der Waals surface area contributed by atoms with Crippen molar-refractivity contribution in [2.75, 3.05) is 19.7 Å². The predicted molar refractivity (Wildman–Crippen MR) is 186 cm³/mol. The quantitative estimate of drug-likeness (QED) is 0.214. The Morgan fingerprint density at radius 2 is 1.17 bits per heavy atom. The Bertz CT molecular complexity index is 1360. The number of hydrogen-bond donors (Lipinski definition) is 1. The van der Waals surface area contributed by atoms with Crippen molar-refractivity contribution in [2.45, 2.75) is 111 Å². The molecule has 2 aliphatic rings. The number of amides is 2. The van der Waals surface area contributed by atoms with E-state index in [0.717, 1.165) is 11.1 Å².